The molecule has 0 aromatic rings. The van der Waals surface area contributed by atoms with E-state index in [0.29, 0.717) is 11.8 Å². The first kappa shape index (κ1) is 20.5. The highest BCUT2D eigenvalue weighted by atomic mass is 28.2. The number of rotatable bonds is 4. The lowest BCUT2D eigenvalue weighted by molar-refractivity contribution is 0.505. The fourth-order valence-electron chi connectivity index (χ4n) is 5.26. The summed E-state index contributed by atoms with van der Waals surface area (Å²) in [5.41, 5.74) is 7.30. The Bertz CT molecular complexity index is 595. The number of hydrogen-bond acceptors (Lipinski definition) is 0. The average molecular weight is 357 g/mol. The Balaban J connectivity index is 2.46. The van der Waals surface area contributed by atoms with Crippen molar-refractivity contribution >= 4 is 9.52 Å². The van der Waals surface area contributed by atoms with E-state index in [-0.39, 0.29) is 10.8 Å². The van der Waals surface area contributed by atoms with Crippen molar-refractivity contribution in [1.29, 1.82) is 0 Å². The molecule has 1 heteroatoms. The molecule has 0 spiro atoms. The lowest BCUT2D eigenvalue weighted by atomic mass is 9.82. The van der Waals surface area contributed by atoms with Crippen LogP contribution in [0, 0.1) is 22.7 Å². The highest BCUT2D eigenvalue weighted by molar-refractivity contribution is 6.57. The van der Waals surface area contributed by atoms with Crippen LogP contribution < -0.4 is 0 Å². The minimum atomic E-state index is -0.430. The molecule has 2 aliphatic rings. The van der Waals surface area contributed by atoms with Crippen LogP contribution in [-0.4, -0.2) is 9.52 Å². The normalized spacial score (nSPS) is 25.5. The molecule has 0 fully saturated rings. The molecular weight excluding hydrogens is 316 g/mol. The van der Waals surface area contributed by atoms with Gasteiger partial charge in [0.2, 0.25) is 0 Å². The summed E-state index contributed by atoms with van der Waals surface area (Å²) in [6.07, 6.45) is 7.61. The Kier molecular flexibility index (Phi) is 5.79. The molecule has 0 amide bonds. The van der Waals surface area contributed by atoms with Gasteiger partial charge in [0.25, 0.3) is 0 Å². The average Bonchev–Trinajstić information content (AvgIpc) is 2.94. The van der Waals surface area contributed by atoms with Gasteiger partial charge in [0.05, 0.1) is 9.52 Å². The van der Waals surface area contributed by atoms with Gasteiger partial charge in [0, 0.05) is 0 Å². The number of allylic oxidation sites excluding steroid dienone is 8. The SMILES string of the molecule is CCC1=C(C(C)(C)C)C([SiH2]C2=CC(C)C(CC)=C2C(C)(C)C)=CC1C. The fourth-order valence-corrected chi connectivity index (χ4v) is 8.48. The smallest absolute Gasteiger partial charge is 0.0783 e. The van der Waals surface area contributed by atoms with Crippen molar-refractivity contribution in [2.75, 3.05) is 0 Å². The Morgan fingerprint density at radius 3 is 1.28 bits per heavy atom. The van der Waals surface area contributed by atoms with E-state index in [0.717, 1.165) is 0 Å². The summed E-state index contributed by atoms with van der Waals surface area (Å²) in [7, 11) is -0.430. The standard InChI is InChI=1S/C24H40Si/c1-11-17-15(3)13-19(21(17)23(5,6)7)25-20-14-16(4)18(12-2)22(20)24(8,9)10/h13-16H,11-12,25H2,1-10H3. The molecule has 0 heterocycles. The van der Waals surface area contributed by atoms with Crippen LogP contribution in [-0.2, 0) is 0 Å². The quantitative estimate of drug-likeness (QED) is 0.490. The van der Waals surface area contributed by atoms with Gasteiger partial charge in [0.15, 0.2) is 0 Å². The van der Waals surface area contributed by atoms with E-state index in [4.69, 9.17) is 0 Å². The Labute approximate surface area is 159 Å². The van der Waals surface area contributed by atoms with Crippen LogP contribution in [0.15, 0.2) is 44.8 Å². The summed E-state index contributed by atoms with van der Waals surface area (Å²) in [6.45, 7) is 23.9. The molecule has 2 unspecified atom stereocenters. The van der Waals surface area contributed by atoms with Gasteiger partial charge < -0.3 is 0 Å². The number of hydrogen-bond donors (Lipinski definition) is 0. The van der Waals surface area contributed by atoms with E-state index < -0.39 is 9.52 Å². The molecule has 0 radical (unpaired) electrons. The van der Waals surface area contributed by atoms with Crippen molar-refractivity contribution in [3.05, 3.63) is 44.8 Å². The summed E-state index contributed by atoms with van der Waals surface area (Å²) in [4.78, 5) is 0. The van der Waals surface area contributed by atoms with Gasteiger partial charge in [-0.2, -0.15) is 0 Å². The maximum Gasteiger partial charge on any atom is 0.0875 e. The highest BCUT2D eigenvalue weighted by Gasteiger charge is 2.35. The van der Waals surface area contributed by atoms with E-state index in [1.165, 1.54) is 12.8 Å². The van der Waals surface area contributed by atoms with Crippen LogP contribution in [0.1, 0.15) is 82.1 Å². The third-order valence-corrected chi connectivity index (χ3v) is 7.87. The molecule has 2 aliphatic carbocycles. The summed E-state index contributed by atoms with van der Waals surface area (Å²) in [6, 6.07) is 0. The van der Waals surface area contributed by atoms with Gasteiger partial charge in [-0.3, -0.25) is 0 Å². The Hall–Kier alpha value is -0.823. The van der Waals surface area contributed by atoms with Crippen molar-refractivity contribution in [3.63, 3.8) is 0 Å². The topological polar surface area (TPSA) is 0 Å². The van der Waals surface area contributed by atoms with Crippen molar-refractivity contribution in [1.82, 2.24) is 0 Å². The highest BCUT2D eigenvalue weighted by Crippen LogP contribution is 2.47. The molecular formula is C24H40Si. The molecule has 2 rings (SSSR count). The zero-order valence-corrected chi connectivity index (χ0v) is 19.8. The minimum absolute atomic E-state index is 0.263. The Morgan fingerprint density at radius 1 is 0.720 bits per heavy atom. The predicted octanol–water partition coefficient (Wildman–Crippen LogP) is 6.73. The second-order valence-electron chi connectivity index (χ2n) is 10.1. The minimum Gasteiger partial charge on any atom is -0.0783 e. The third kappa shape index (κ3) is 3.97. The monoisotopic (exact) mass is 356 g/mol. The van der Waals surface area contributed by atoms with Crippen LogP contribution in [0.5, 0.6) is 0 Å². The van der Waals surface area contributed by atoms with Crippen LogP contribution >= 0.6 is 0 Å². The maximum absolute atomic E-state index is 2.61. The molecule has 0 saturated heterocycles. The zero-order chi connectivity index (χ0) is 19.2. The van der Waals surface area contributed by atoms with Crippen molar-refractivity contribution in [2.45, 2.75) is 82.1 Å². The van der Waals surface area contributed by atoms with Gasteiger partial charge in [-0.15, -0.1) is 0 Å². The molecule has 0 aromatic heterocycles. The van der Waals surface area contributed by atoms with Gasteiger partial charge in [-0.05, 0) is 46.7 Å². The summed E-state index contributed by atoms with van der Waals surface area (Å²) in [5, 5.41) is 3.46. The molecule has 25 heavy (non-hydrogen) atoms. The second kappa shape index (κ2) is 7.06. The van der Waals surface area contributed by atoms with Crippen molar-refractivity contribution < 1.29 is 0 Å². The summed E-state index contributed by atoms with van der Waals surface area (Å²) in [5.74, 6) is 1.27. The molecule has 2 atom stereocenters. The molecule has 0 N–H and O–H groups in total. The first-order chi connectivity index (χ1) is 11.4. The van der Waals surface area contributed by atoms with E-state index in [1.807, 2.05) is 0 Å². The molecule has 0 saturated carbocycles. The van der Waals surface area contributed by atoms with E-state index >= 15 is 0 Å². The lowest BCUT2D eigenvalue weighted by Gasteiger charge is -2.29. The lowest BCUT2D eigenvalue weighted by Crippen LogP contribution is -2.19. The van der Waals surface area contributed by atoms with Crippen LogP contribution in [0.3, 0.4) is 0 Å². The summed E-state index contributed by atoms with van der Waals surface area (Å²) < 4.78 is 0. The van der Waals surface area contributed by atoms with Crippen molar-refractivity contribution in [3.8, 4) is 0 Å². The van der Waals surface area contributed by atoms with Crippen LogP contribution in [0.25, 0.3) is 0 Å². The van der Waals surface area contributed by atoms with E-state index in [1.54, 1.807) is 32.7 Å². The van der Waals surface area contributed by atoms with Gasteiger partial charge in [-0.25, -0.2) is 0 Å². The largest absolute Gasteiger partial charge is 0.0875 e. The second-order valence-corrected chi connectivity index (χ2v) is 12.0. The maximum atomic E-state index is 2.61. The van der Waals surface area contributed by atoms with Gasteiger partial charge in [-0.1, -0.05) is 103 Å². The van der Waals surface area contributed by atoms with Crippen LogP contribution in [0.2, 0.25) is 0 Å². The van der Waals surface area contributed by atoms with Crippen LogP contribution in [0.4, 0.5) is 0 Å². The predicted molar refractivity (Wildman–Crippen MR) is 117 cm³/mol. The van der Waals surface area contributed by atoms with E-state index in [2.05, 4.69) is 81.4 Å². The molecule has 0 aromatic carbocycles. The van der Waals surface area contributed by atoms with E-state index in [9.17, 15) is 0 Å². The van der Waals surface area contributed by atoms with Gasteiger partial charge in [0.1, 0.15) is 0 Å². The molecule has 0 nitrogen and oxygen atoms in total. The third-order valence-electron chi connectivity index (χ3n) is 5.93. The molecule has 0 bridgehead atoms. The Morgan fingerprint density at radius 2 is 1.04 bits per heavy atom. The summed E-state index contributed by atoms with van der Waals surface area (Å²) >= 11 is 0. The van der Waals surface area contributed by atoms with Crippen molar-refractivity contribution in [2.24, 2.45) is 22.7 Å². The molecule has 140 valence electrons. The van der Waals surface area contributed by atoms with Gasteiger partial charge >= 0.3 is 0 Å². The molecule has 0 aliphatic heterocycles. The first-order valence-corrected chi connectivity index (χ1v) is 11.7. The zero-order valence-electron chi connectivity index (χ0n) is 18.4. The fraction of sp³-hybridized carbons (Fsp3) is 0.667. The first-order valence-electron chi connectivity index (χ1n) is 10.3.